The lowest BCUT2D eigenvalue weighted by Crippen LogP contribution is -2.34. The van der Waals surface area contributed by atoms with Gasteiger partial charge in [-0.2, -0.15) is 0 Å². The van der Waals surface area contributed by atoms with Crippen LogP contribution < -0.4 is 5.32 Å². The number of amides is 1. The van der Waals surface area contributed by atoms with Crippen molar-refractivity contribution >= 4 is 23.4 Å². The predicted octanol–water partition coefficient (Wildman–Crippen LogP) is 3.38. The van der Waals surface area contributed by atoms with Crippen molar-refractivity contribution in [3.05, 3.63) is 54.9 Å². The van der Waals surface area contributed by atoms with Crippen molar-refractivity contribution < 1.29 is 4.79 Å². The van der Waals surface area contributed by atoms with E-state index in [2.05, 4.69) is 25.5 Å². The van der Waals surface area contributed by atoms with Crippen LogP contribution in [0.2, 0.25) is 0 Å². The summed E-state index contributed by atoms with van der Waals surface area (Å²) in [5.74, 6) is 0.555. The first-order valence-corrected chi connectivity index (χ1v) is 8.25. The van der Waals surface area contributed by atoms with Crippen LogP contribution in [0.25, 0.3) is 11.4 Å². The standard InChI is InChI=1S/C17H17N5OS/c1-17(2,15(23)19-13-6-4-3-5-7-13)24-16-20-14(21-22-16)12-8-10-18-11-9-12/h3-11H,1-2H3,(H,19,23)(H,20,21,22). The lowest BCUT2D eigenvalue weighted by molar-refractivity contribution is -0.117. The fraction of sp³-hybridized carbons (Fsp3) is 0.176. The fourth-order valence-corrected chi connectivity index (χ4v) is 2.88. The summed E-state index contributed by atoms with van der Waals surface area (Å²) in [6.45, 7) is 3.70. The number of aromatic amines is 1. The van der Waals surface area contributed by atoms with Crippen LogP contribution in [0.1, 0.15) is 13.8 Å². The Labute approximate surface area is 144 Å². The third-order valence-corrected chi connectivity index (χ3v) is 4.42. The molecule has 0 bridgehead atoms. The van der Waals surface area contributed by atoms with Gasteiger partial charge < -0.3 is 10.3 Å². The summed E-state index contributed by atoms with van der Waals surface area (Å²) in [6, 6.07) is 13.1. The molecule has 0 saturated heterocycles. The number of nitrogens with zero attached hydrogens (tertiary/aromatic N) is 3. The van der Waals surface area contributed by atoms with E-state index in [4.69, 9.17) is 0 Å². The molecule has 0 aliphatic rings. The maximum atomic E-state index is 12.5. The first-order chi connectivity index (χ1) is 11.5. The number of nitrogens with one attached hydrogen (secondary N) is 2. The maximum Gasteiger partial charge on any atom is 0.240 e. The SMILES string of the molecule is CC(C)(Sc1nnc(-c2ccncc2)[nH]1)C(=O)Nc1ccccc1. The zero-order valence-electron chi connectivity index (χ0n) is 13.4. The number of H-pyrrole nitrogens is 1. The molecule has 1 amide bonds. The van der Waals surface area contributed by atoms with Gasteiger partial charge in [0.25, 0.3) is 0 Å². The Hall–Kier alpha value is -2.67. The van der Waals surface area contributed by atoms with Crippen molar-refractivity contribution in [1.82, 2.24) is 20.2 Å². The average Bonchev–Trinajstić information content (AvgIpc) is 3.04. The van der Waals surface area contributed by atoms with E-state index in [1.807, 2.05) is 56.3 Å². The van der Waals surface area contributed by atoms with Gasteiger partial charge in [0.2, 0.25) is 5.91 Å². The van der Waals surface area contributed by atoms with Crippen LogP contribution in [-0.2, 0) is 4.79 Å². The van der Waals surface area contributed by atoms with E-state index < -0.39 is 4.75 Å². The third kappa shape index (κ3) is 3.80. The van der Waals surface area contributed by atoms with E-state index in [1.54, 1.807) is 12.4 Å². The molecule has 2 N–H and O–H groups in total. The second kappa shape index (κ2) is 6.84. The molecule has 2 aromatic heterocycles. The van der Waals surface area contributed by atoms with Crippen molar-refractivity contribution in [1.29, 1.82) is 0 Å². The van der Waals surface area contributed by atoms with Gasteiger partial charge in [-0.25, -0.2) is 0 Å². The number of thioether (sulfide) groups is 1. The van der Waals surface area contributed by atoms with Crippen molar-refractivity contribution in [2.45, 2.75) is 23.8 Å². The Balaban J connectivity index is 1.70. The largest absolute Gasteiger partial charge is 0.325 e. The molecular weight excluding hydrogens is 322 g/mol. The Kier molecular flexibility index (Phi) is 4.61. The van der Waals surface area contributed by atoms with E-state index in [0.717, 1.165) is 11.3 Å². The minimum atomic E-state index is -0.703. The third-order valence-electron chi connectivity index (χ3n) is 3.35. The molecule has 1 aromatic carbocycles. The van der Waals surface area contributed by atoms with Crippen LogP contribution in [0.3, 0.4) is 0 Å². The zero-order valence-corrected chi connectivity index (χ0v) is 14.2. The Morgan fingerprint density at radius 2 is 1.79 bits per heavy atom. The van der Waals surface area contributed by atoms with Gasteiger partial charge in [-0.1, -0.05) is 30.0 Å². The lowest BCUT2D eigenvalue weighted by atomic mass is 10.2. The minimum Gasteiger partial charge on any atom is -0.325 e. The van der Waals surface area contributed by atoms with Crippen molar-refractivity contribution in [3.8, 4) is 11.4 Å². The monoisotopic (exact) mass is 339 g/mol. The molecule has 3 rings (SSSR count). The highest BCUT2D eigenvalue weighted by Crippen LogP contribution is 2.32. The van der Waals surface area contributed by atoms with Crippen LogP contribution in [-0.4, -0.2) is 30.8 Å². The first kappa shape index (κ1) is 16.2. The molecule has 24 heavy (non-hydrogen) atoms. The van der Waals surface area contributed by atoms with Gasteiger partial charge in [0.05, 0.1) is 4.75 Å². The number of para-hydroxylation sites is 1. The quantitative estimate of drug-likeness (QED) is 0.696. The number of carbonyl (C=O) groups excluding carboxylic acids is 1. The molecule has 0 atom stereocenters. The molecule has 0 aliphatic heterocycles. The van der Waals surface area contributed by atoms with Gasteiger partial charge >= 0.3 is 0 Å². The molecule has 7 heteroatoms. The molecule has 0 fully saturated rings. The summed E-state index contributed by atoms with van der Waals surface area (Å²) in [5, 5.41) is 11.8. The molecule has 0 radical (unpaired) electrons. The van der Waals surface area contributed by atoms with Crippen molar-refractivity contribution in [3.63, 3.8) is 0 Å². The van der Waals surface area contributed by atoms with E-state index in [0.29, 0.717) is 11.0 Å². The summed E-state index contributed by atoms with van der Waals surface area (Å²) in [6.07, 6.45) is 3.39. The highest BCUT2D eigenvalue weighted by atomic mass is 32.2. The number of hydrogen-bond donors (Lipinski definition) is 2. The number of carbonyl (C=O) groups is 1. The van der Waals surface area contributed by atoms with Gasteiger partial charge in [-0.15, -0.1) is 10.2 Å². The van der Waals surface area contributed by atoms with Gasteiger partial charge in [-0.3, -0.25) is 9.78 Å². The molecule has 0 aliphatic carbocycles. The fourth-order valence-electron chi connectivity index (χ4n) is 2.02. The van der Waals surface area contributed by atoms with Crippen LogP contribution in [0.15, 0.2) is 60.0 Å². The van der Waals surface area contributed by atoms with E-state index >= 15 is 0 Å². The molecule has 2 heterocycles. The second-order valence-corrected chi connectivity index (χ2v) is 7.26. The number of pyridine rings is 1. The highest BCUT2D eigenvalue weighted by molar-refractivity contribution is 8.01. The molecule has 3 aromatic rings. The van der Waals surface area contributed by atoms with Crippen LogP contribution >= 0.6 is 11.8 Å². The summed E-state index contributed by atoms with van der Waals surface area (Å²) in [5.41, 5.74) is 1.67. The zero-order chi connectivity index (χ0) is 17.0. The number of benzene rings is 1. The molecular formula is C17H17N5OS. The summed E-state index contributed by atoms with van der Waals surface area (Å²) >= 11 is 1.33. The average molecular weight is 339 g/mol. The number of hydrogen-bond acceptors (Lipinski definition) is 5. The lowest BCUT2D eigenvalue weighted by Gasteiger charge is -2.21. The summed E-state index contributed by atoms with van der Waals surface area (Å²) in [4.78, 5) is 19.6. The van der Waals surface area contributed by atoms with Crippen molar-refractivity contribution in [2.75, 3.05) is 5.32 Å². The van der Waals surface area contributed by atoms with Crippen LogP contribution in [0, 0.1) is 0 Å². The second-order valence-electron chi connectivity index (χ2n) is 5.65. The normalized spacial score (nSPS) is 11.2. The van der Waals surface area contributed by atoms with Crippen LogP contribution in [0.5, 0.6) is 0 Å². The van der Waals surface area contributed by atoms with E-state index in [1.165, 1.54) is 11.8 Å². The Morgan fingerprint density at radius 1 is 1.08 bits per heavy atom. The van der Waals surface area contributed by atoms with Crippen molar-refractivity contribution in [2.24, 2.45) is 0 Å². The first-order valence-electron chi connectivity index (χ1n) is 7.43. The number of aromatic nitrogens is 4. The summed E-state index contributed by atoms with van der Waals surface area (Å²) in [7, 11) is 0. The number of anilines is 1. The highest BCUT2D eigenvalue weighted by Gasteiger charge is 2.30. The topological polar surface area (TPSA) is 83.6 Å². The van der Waals surface area contributed by atoms with Gasteiger partial charge in [0, 0.05) is 23.6 Å². The predicted molar refractivity (Wildman–Crippen MR) is 94.6 cm³/mol. The van der Waals surface area contributed by atoms with E-state index in [9.17, 15) is 4.79 Å². The molecule has 0 saturated carbocycles. The minimum absolute atomic E-state index is 0.0967. The number of rotatable bonds is 5. The molecule has 0 spiro atoms. The van der Waals surface area contributed by atoms with Gasteiger partial charge in [0.1, 0.15) is 0 Å². The Morgan fingerprint density at radius 3 is 2.50 bits per heavy atom. The van der Waals surface area contributed by atoms with Gasteiger partial charge in [0.15, 0.2) is 11.0 Å². The Bertz CT molecular complexity index is 817. The van der Waals surface area contributed by atoms with Gasteiger partial charge in [-0.05, 0) is 38.1 Å². The molecule has 0 unspecified atom stereocenters. The summed E-state index contributed by atoms with van der Waals surface area (Å²) < 4.78 is -0.703. The smallest absolute Gasteiger partial charge is 0.240 e. The molecule has 122 valence electrons. The van der Waals surface area contributed by atoms with Crippen LogP contribution in [0.4, 0.5) is 5.69 Å². The maximum absolute atomic E-state index is 12.5. The van der Waals surface area contributed by atoms with E-state index in [-0.39, 0.29) is 5.91 Å². The molecule has 6 nitrogen and oxygen atoms in total.